The van der Waals surface area contributed by atoms with E-state index in [4.69, 9.17) is 5.73 Å². The molecule has 0 radical (unpaired) electrons. The molecule has 1 unspecified atom stereocenters. The Hall–Kier alpha value is -1.68. The normalized spacial score (nSPS) is 19.9. The average molecular weight is 246 g/mol. The molecule has 0 spiro atoms. The molecule has 0 aliphatic carbocycles. The van der Waals surface area contributed by atoms with Gasteiger partial charge in [-0.15, -0.1) is 0 Å². The van der Waals surface area contributed by atoms with Gasteiger partial charge >= 0.3 is 0 Å². The molecular formula is C14H18N2O2. The van der Waals surface area contributed by atoms with Crippen molar-refractivity contribution in [3.8, 4) is 0 Å². The first-order chi connectivity index (χ1) is 8.58. The summed E-state index contributed by atoms with van der Waals surface area (Å²) in [6.07, 6.45) is 1.69. The Labute approximate surface area is 107 Å². The van der Waals surface area contributed by atoms with E-state index in [1.54, 1.807) is 0 Å². The van der Waals surface area contributed by atoms with E-state index in [0.717, 1.165) is 24.9 Å². The van der Waals surface area contributed by atoms with Crippen LogP contribution >= 0.6 is 0 Å². The highest BCUT2D eigenvalue weighted by atomic mass is 16.1. The summed E-state index contributed by atoms with van der Waals surface area (Å²) in [5.74, 6) is -0.281. The summed E-state index contributed by atoms with van der Waals surface area (Å²) in [6.45, 7) is 3.00. The van der Waals surface area contributed by atoms with Crippen molar-refractivity contribution in [1.29, 1.82) is 0 Å². The van der Waals surface area contributed by atoms with E-state index in [1.807, 2.05) is 36.1 Å². The summed E-state index contributed by atoms with van der Waals surface area (Å²) in [5.41, 5.74) is 7.10. The summed E-state index contributed by atoms with van der Waals surface area (Å²) in [4.78, 5) is 25.3. The van der Waals surface area contributed by atoms with E-state index in [2.05, 4.69) is 0 Å². The van der Waals surface area contributed by atoms with Crippen molar-refractivity contribution in [2.24, 2.45) is 5.73 Å². The lowest BCUT2D eigenvalue weighted by molar-refractivity contribution is -0.122. The second-order valence-electron chi connectivity index (χ2n) is 4.82. The van der Waals surface area contributed by atoms with Gasteiger partial charge in [-0.3, -0.25) is 14.5 Å². The van der Waals surface area contributed by atoms with E-state index in [1.165, 1.54) is 0 Å². The second-order valence-corrected chi connectivity index (χ2v) is 4.82. The minimum absolute atomic E-state index is 0.0480. The van der Waals surface area contributed by atoms with Crippen LogP contribution in [-0.4, -0.2) is 35.7 Å². The second kappa shape index (κ2) is 5.31. The zero-order chi connectivity index (χ0) is 13.1. The van der Waals surface area contributed by atoms with Crippen LogP contribution in [0.25, 0.3) is 0 Å². The first-order valence-corrected chi connectivity index (χ1v) is 6.21. The van der Waals surface area contributed by atoms with Crippen molar-refractivity contribution in [3.05, 3.63) is 35.4 Å². The van der Waals surface area contributed by atoms with Gasteiger partial charge in [0.15, 0.2) is 5.78 Å². The van der Waals surface area contributed by atoms with Crippen molar-refractivity contribution >= 4 is 11.7 Å². The number of carbonyl (C=O) groups is 2. The van der Waals surface area contributed by atoms with E-state index in [-0.39, 0.29) is 24.3 Å². The minimum atomic E-state index is -0.329. The molecule has 18 heavy (non-hydrogen) atoms. The molecule has 1 fully saturated rings. The highest BCUT2D eigenvalue weighted by Crippen LogP contribution is 2.17. The molecule has 0 aromatic heterocycles. The molecule has 1 aromatic rings. The Balaban J connectivity index is 2.05. The highest BCUT2D eigenvalue weighted by molar-refractivity contribution is 5.98. The van der Waals surface area contributed by atoms with Crippen LogP contribution in [0.5, 0.6) is 0 Å². The van der Waals surface area contributed by atoms with Gasteiger partial charge in [0, 0.05) is 5.56 Å². The summed E-state index contributed by atoms with van der Waals surface area (Å²) in [7, 11) is 0. The number of carbonyl (C=O) groups excluding carboxylic acids is 2. The fourth-order valence-electron chi connectivity index (χ4n) is 2.43. The molecule has 2 N–H and O–H groups in total. The molecule has 1 aliphatic rings. The zero-order valence-corrected chi connectivity index (χ0v) is 10.6. The Morgan fingerprint density at radius 3 is 2.89 bits per heavy atom. The topological polar surface area (TPSA) is 63.4 Å². The van der Waals surface area contributed by atoms with E-state index in [0.29, 0.717) is 5.56 Å². The van der Waals surface area contributed by atoms with Gasteiger partial charge in [-0.2, -0.15) is 0 Å². The predicted octanol–water partition coefficient (Wildman–Crippen LogP) is 1.13. The Bertz CT molecular complexity index is 471. The maximum Gasteiger partial charge on any atom is 0.234 e. The number of nitrogens with zero attached hydrogens (tertiary/aromatic N) is 1. The van der Waals surface area contributed by atoms with Crippen LogP contribution in [0.4, 0.5) is 0 Å². The lowest BCUT2D eigenvalue weighted by atomic mass is 10.1. The van der Waals surface area contributed by atoms with Crippen LogP contribution < -0.4 is 5.73 Å². The van der Waals surface area contributed by atoms with Gasteiger partial charge in [0.25, 0.3) is 0 Å². The molecule has 4 heteroatoms. The molecule has 96 valence electrons. The number of nitrogens with two attached hydrogens (primary N) is 1. The fourth-order valence-corrected chi connectivity index (χ4v) is 2.43. The Morgan fingerprint density at radius 2 is 2.22 bits per heavy atom. The number of primary amides is 1. The Morgan fingerprint density at radius 1 is 1.44 bits per heavy atom. The van der Waals surface area contributed by atoms with Crippen molar-refractivity contribution in [1.82, 2.24) is 4.90 Å². The number of rotatable bonds is 4. The molecule has 0 saturated carbocycles. The van der Waals surface area contributed by atoms with Gasteiger partial charge in [-0.25, -0.2) is 0 Å². The van der Waals surface area contributed by atoms with E-state index >= 15 is 0 Å². The van der Waals surface area contributed by atoms with Gasteiger partial charge in [0.05, 0.1) is 12.6 Å². The maximum absolute atomic E-state index is 12.1. The summed E-state index contributed by atoms with van der Waals surface area (Å²) in [6, 6.07) is 7.23. The summed E-state index contributed by atoms with van der Waals surface area (Å²) < 4.78 is 0. The molecule has 1 aromatic carbocycles. The third-order valence-corrected chi connectivity index (χ3v) is 3.38. The van der Waals surface area contributed by atoms with Crippen molar-refractivity contribution in [2.45, 2.75) is 25.8 Å². The first-order valence-electron chi connectivity index (χ1n) is 6.21. The molecular weight excluding hydrogens is 228 g/mol. The molecule has 2 rings (SSSR count). The van der Waals surface area contributed by atoms with Gasteiger partial charge in [-0.1, -0.05) is 23.8 Å². The summed E-state index contributed by atoms with van der Waals surface area (Å²) in [5, 5.41) is 0. The molecule has 4 nitrogen and oxygen atoms in total. The number of ketones is 1. The largest absolute Gasteiger partial charge is 0.368 e. The first kappa shape index (κ1) is 12.8. The lowest BCUT2D eigenvalue weighted by Gasteiger charge is -2.20. The van der Waals surface area contributed by atoms with Crippen molar-refractivity contribution in [2.75, 3.05) is 13.1 Å². The molecule has 1 atom stereocenters. The SMILES string of the molecule is Cc1cccc(C(=O)CN2CCCC2C(N)=O)c1. The van der Waals surface area contributed by atoms with Crippen molar-refractivity contribution < 1.29 is 9.59 Å². The maximum atomic E-state index is 12.1. The number of likely N-dealkylation sites (tertiary alicyclic amines) is 1. The smallest absolute Gasteiger partial charge is 0.234 e. The number of Topliss-reactive ketones (excluding diaryl/α,β-unsaturated/α-hetero) is 1. The van der Waals surface area contributed by atoms with Crippen LogP contribution in [0.15, 0.2) is 24.3 Å². The zero-order valence-electron chi connectivity index (χ0n) is 10.6. The molecule has 1 saturated heterocycles. The van der Waals surface area contributed by atoms with Crippen LogP contribution in [-0.2, 0) is 4.79 Å². The van der Waals surface area contributed by atoms with Gasteiger partial charge < -0.3 is 5.73 Å². The van der Waals surface area contributed by atoms with Crippen LogP contribution in [0.2, 0.25) is 0 Å². The molecule has 0 bridgehead atoms. The fraction of sp³-hybridized carbons (Fsp3) is 0.429. The number of hydrogen-bond acceptors (Lipinski definition) is 3. The quantitative estimate of drug-likeness (QED) is 0.810. The predicted molar refractivity (Wildman–Crippen MR) is 69.3 cm³/mol. The monoisotopic (exact) mass is 246 g/mol. The third-order valence-electron chi connectivity index (χ3n) is 3.38. The van der Waals surface area contributed by atoms with Gasteiger partial charge in [0.1, 0.15) is 0 Å². The number of hydrogen-bond donors (Lipinski definition) is 1. The standard InChI is InChI=1S/C14H18N2O2/c1-10-4-2-5-11(8-10)13(17)9-16-7-3-6-12(16)14(15)18/h2,4-5,8,12H,3,6-7,9H2,1H3,(H2,15,18). The van der Waals surface area contributed by atoms with Crippen LogP contribution in [0.1, 0.15) is 28.8 Å². The number of amides is 1. The van der Waals surface area contributed by atoms with E-state index < -0.39 is 0 Å². The van der Waals surface area contributed by atoms with E-state index in [9.17, 15) is 9.59 Å². The van der Waals surface area contributed by atoms with Gasteiger partial charge in [-0.05, 0) is 32.4 Å². The number of benzene rings is 1. The third kappa shape index (κ3) is 2.76. The van der Waals surface area contributed by atoms with Crippen molar-refractivity contribution in [3.63, 3.8) is 0 Å². The number of aryl methyl sites for hydroxylation is 1. The highest BCUT2D eigenvalue weighted by Gasteiger charge is 2.30. The van der Waals surface area contributed by atoms with Crippen LogP contribution in [0.3, 0.4) is 0 Å². The minimum Gasteiger partial charge on any atom is -0.368 e. The summed E-state index contributed by atoms with van der Waals surface area (Å²) >= 11 is 0. The molecule has 1 heterocycles. The molecule has 1 aliphatic heterocycles. The molecule has 1 amide bonds. The lowest BCUT2D eigenvalue weighted by Crippen LogP contribution is -2.42. The van der Waals surface area contributed by atoms with Gasteiger partial charge in [0.2, 0.25) is 5.91 Å². The van der Waals surface area contributed by atoms with Crippen LogP contribution in [0, 0.1) is 6.92 Å². The Kier molecular flexibility index (Phi) is 3.77. The average Bonchev–Trinajstić information content (AvgIpc) is 2.77.